The van der Waals surface area contributed by atoms with Crippen LogP contribution in [-0.4, -0.2) is 31.5 Å². The molecule has 2 nitrogen and oxygen atoms in total. The predicted octanol–water partition coefficient (Wildman–Crippen LogP) is 0.890. The third-order valence-electron chi connectivity index (χ3n) is 1.17. The van der Waals surface area contributed by atoms with Gasteiger partial charge in [-0.3, -0.25) is 4.67 Å². The van der Waals surface area contributed by atoms with Crippen molar-refractivity contribution in [3.63, 3.8) is 0 Å². The van der Waals surface area contributed by atoms with E-state index in [2.05, 4.69) is 18.4 Å². The maximum absolute atomic E-state index is 5.26. The van der Waals surface area contributed by atoms with E-state index in [1.165, 1.54) is 0 Å². The predicted molar refractivity (Wildman–Crippen MR) is 31.4 cm³/mol. The third-order valence-corrected chi connectivity index (χ3v) is 2.89. The van der Waals surface area contributed by atoms with E-state index in [0.717, 1.165) is 13.2 Å². The second-order valence-corrected chi connectivity index (χ2v) is 3.55. The van der Waals surface area contributed by atoms with Crippen LogP contribution in [0.2, 0.25) is 0 Å². The standard InChI is InChI=1S/C4H10NOP/c1-5-3-4-6-7(5)2/h3-4H2,1-2H3/t7-/m0/s1. The molecular weight excluding hydrogens is 109 g/mol. The number of rotatable bonds is 0. The molecule has 1 atom stereocenters. The summed E-state index contributed by atoms with van der Waals surface area (Å²) in [5, 5.41) is 0. The summed E-state index contributed by atoms with van der Waals surface area (Å²) in [5.74, 6) is 0. The molecule has 7 heavy (non-hydrogen) atoms. The monoisotopic (exact) mass is 119 g/mol. The number of likely N-dealkylation sites (N-methyl/N-ethyl adjacent to an activating group) is 1. The van der Waals surface area contributed by atoms with E-state index in [1.54, 1.807) is 0 Å². The topological polar surface area (TPSA) is 12.5 Å². The average molecular weight is 119 g/mol. The van der Waals surface area contributed by atoms with Gasteiger partial charge in [0.15, 0.2) is 0 Å². The highest BCUT2D eigenvalue weighted by Crippen LogP contribution is 2.39. The van der Waals surface area contributed by atoms with Gasteiger partial charge in [0.05, 0.1) is 6.61 Å². The first-order chi connectivity index (χ1) is 3.30. The van der Waals surface area contributed by atoms with Gasteiger partial charge in [-0.25, -0.2) is 0 Å². The minimum Gasteiger partial charge on any atom is -0.342 e. The van der Waals surface area contributed by atoms with Gasteiger partial charge in [-0.2, -0.15) is 0 Å². The fourth-order valence-corrected chi connectivity index (χ4v) is 1.45. The van der Waals surface area contributed by atoms with Gasteiger partial charge >= 0.3 is 0 Å². The SMILES string of the molecule is CN1CCO[P@@]1C. The van der Waals surface area contributed by atoms with Crippen molar-refractivity contribution in [3.05, 3.63) is 0 Å². The van der Waals surface area contributed by atoms with Crippen molar-refractivity contribution in [2.75, 3.05) is 26.9 Å². The van der Waals surface area contributed by atoms with Gasteiger partial charge in [0.2, 0.25) is 0 Å². The van der Waals surface area contributed by atoms with Crippen molar-refractivity contribution < 1.29 is 4.52 Å². The largest absolute Gasteiger partial charge is 0.342 e. The highest BCUT2D eigenvalue weighted by Gasteiger charge is 2.15. The summed E-state index contributed by atoms with van der Waals surface area (Å²) in [6, 6.07) is 0. The molecule has 1 heterocycles. The lowest BCUT2D eigenvalue weighted by atomic mass is 10.7. The Labute approximate surface area is 45.3 Å². The zero-order chi connectivity index (χ0) is 5.28. The van der Waals surface area contributed by atoms with Crippen molar-refractivity contribution in [2.45, 2.75) is 0 Å². The van der Waals surface area contributed by atoms with Crippen LogP contribution in [0.15, 0.2) is 0 Å². The summed E-state index contributed by atoms with van der Waals surface area (Å²) in [5.41, 5.74) is 0. The fraction of sp³-hybridized carbons (Fsp3) is 1.00. The molecule has 42 valence electrons. The molecule has 0 unspecified atom stereocenters. The second-order valence-electron chi connectivity index (χ2n) is 1.68. The molecule has 0 amide bonds. The lowest BCUT2D eigenvalue weighted by molar-refractivity contribution is 0.395. The first-order valence-electron chi connectivity index (χ1n) is 2.38. The normalized spacial score (nSPS) is 34.3. The van der Waals surface area contributed by atoms with E-state index in [4.69, 9.17) is 4.52 Å². The van der Waals surface area contributed by atoms with Crippen LogP contribution in [0.3, 0.4) is 0 Å². The molecule has 0 saturated carbocycles. The van der Waals surface area contributed by atoms with Crippen molar-refractivity contribution in [3.8, 4) is 0 Å². The Bertz CT molecular complexity index is 60.7. The molecule has 0 aliphatic carbocycles. The maximum Gasteiger partial charge on any atom is 0.100 e. The zero-order valence-corrected chi connectivity index (χ0v) is 5.61. The molecule has 1 aliphatic rings. The van der Waals surface area contributed by atoms with Crippen molar-refractivity contribution >= 4 is 8.30 Å². The summed E-state index contributed by atoms with van der Waals surface area (Å²) in [4.78, 5) is 0. The maximum atomic E-state index is 5.26. The Balaban J connectivity index is 2.33. The Morgan fingerprint density at radius 3 is 2.57 bits per heavy atom. The zero-order valence-electron chi connectivity index (χ0n) is 4.72. The molecule has 0 bridgehead atoms. The number of nitrogens with zero attached hydrogens (tertiary/aromatic N) is 1. The van der Waals surface area contributed by atoms with Gasteiger partial charge in [0, 0.05) is 6.54 Å². The summed E-state index contributed by atoms with van der Waals surface area (Å²) in [7, 11) is 1.90. The number of hydrogen-bond acceptors (Lipinski definition) is 2. The first kappa shape index (κ1) is 5.49. The molecule has 0 N–H and O–H groups in total. The van der Waals surface area contributed by atoms with Crippen molar-refractivity contribution in [1.29, 1.82) is 0 Å². The summed E-state index contributed by atoms with van der Waals surface area (Å²) < 4.78 is 7.50. The minimum absolute atomic E-state index is 0.193. The molecule has 1 fully saturated rings. The fourth-order valence-electron chi connectivity index (χ4n) is 0.544. The molecular formula is C4H10NOP. The van der Waals surface area contributed by atoms with Crippen LogP contribution in [-0.2, 0) is 4.52 Å². The van der Waals surface area contributed by atoms with E-state index < -0.39 is 0 Å². The quantitative estimate of drug-likeness (QED) is 0.439. The Morgan fingerprint density at radius 2 is 2.43 bits per heavy atom. The lowest BCUT2D eigenvalue weighted by Gasteiger charge is -2.09. The Hall–Kier alpha value is 0.350. The van der Waals surface area contributed by atoms with E-state index in [-0.39, 0.29) is 8.30 Å². The van der Waals surface area contributed by atoms with Gasteiger partial charge in [-0.15, -0.1) is 0 Å². The molecule has 1 aliphatic heterocycles. The highest BCUT2D eigenvalue weighted by atomic mass is 31.2. The molecule has 1 rings (SSSR count). The molecule has 0 aromatic heterocycles. The Kier molecular flexibility index (Phi) is 1.63. The van der Waals surface area contributed by atoms with Crippen LogP contribution in [0.4, 0.5) is 0 Å². The van der Waals surface area contributed by atoms with Gasteiger partial charge < -0.3 is 4.52 Å². The average Bonchev–Trinajstić information content (AvgIpc) is 1.91. The summed E-state index contributed by atoms with van der Waals surface area (Å²) in [6.07, 6.45) is 0. The summed E-state index contributed by atoms with van der Waals surface area (Å²) in [6.45, 7) is 4.17. The van der Waals surface area contributed by atoms with Crippen LogP contribution < -0.4 is 0 Å². The molecule has 3 heteroatoms. The third kappa shape index (κ3) is 1.12. The van der Waals surface area contributed by atoms with E-state index in [1.807, 2.05) is 0 Å². The second kappa shape index (κ2) is 2.08. The van der Waals surface area contributed by atoms with E-state index in [9.17, 15) is 0 Å². The van der Waals surface area contributed by atoms with Gasteiger partial charge in [0.25, 0.3) is 0 Å². The van der Waals surface area contributed by atoms with Gasteiger partial charge in [-0.05, 0) is 13.7 Å². The summed E-state index contributed by atoms with van der Waals surface area (Å²) >= 11 is 0. The van der Waals surface area contributed by atoms with Crippen molar-refractivity contribution in [2.24, 2.45) is 0 Å². The minimum atomic E-state index is -0.193. The van der Waals surface area contributed by atoms with Crippen molar-refractivity contribution in [1.82, 2.24) is 4.67 Å². The first-order valence-corrected chi connectivity index (χ1v) is 4.04. The molecule has 0 aromatic rings. The van der Waals surface area contributed by atoms with E-state index in [0.29, 0.717) is 0 Å². The van der Waals surface area contributed by atoms with Crippen LogP contribution in [0.25, 0.3) is 0 Å². The molecule has 0 spiro atoms. The highest BCUT2D eigenvalue weighted by molar-refractivity contribution is 7.49. The molecule has 0 aromatic carbocycles. The van der Waals surface area contributed by atoms with Crippen LogP contribution in [0.5, 0.6) is 0 Å². The molecule has 1 saturated heterocycles. The van der Waals surface area contributed by atoms with Crippen LogP contribution in [0, 0.1) is 0 Å². The lowest BCUT2D eigenvalue weighted by Crippen LogP contribution is -2.05. The smallest absolute Gasteiger partial charge is 0.100 e. The Morgan fingerprint density at radius 1 is 1.71 bits per heavy atom. The van der Waals surface area contributed by atoms with Gasteiger partial charge in [0.1, 0.15) is 8.30 Å². The van der Waals surface area contributed by atoms with E-state index >= 15 is 0 Å². The van der Waals surface area contributed by atoms with Crippen LogP contribution >= 0.6 is 8.30 Å². The molecule has 0 radical (unpaired) electrons. The van der Waals surface area contributed by atoms with Gasteiger partial charge in [-0.1, -0.05) is 0 Å². The number of hydrogen-bond donors (Lipinski definition) is 0. The van der Waals surface area contributed by atoms with Crippen LogP contribution in [0.1, 0.15) is 0 Å².